The molecule has 2 amide bonds. The average molecular weight is 529 g/mol. The molecule has 2 fully saturated rings. The van der Waals surface area contributed by atoms with Gasteiger partial charge in [-0.05, 0) is 52.9 Å². The van der Waals surface area contributed by atoms with E-state index in [-0.39, 0.29) is 17.6 Å². The smallest absolute Gasteiger partial charge is 0.308 e. The van der Waals surface area contributed by atoms with Crippen LogP contribution in [0.25, 0.3) is 16.8 Å². The lowest BCUT2D eigenvalue weighted by Gasteiger charge is -2.35. The minimum absolute atomic E-state index is 0.267. The van der Waals surface area contributed by atoms with Gasteiger partial charge < -0.3 is 9.64 Å². The van der Waals surface area contributed by atoms with Crippen molar-refractivity contribution in [2.24, 2.45) is 11.8 Å². The third-order valence-corrected chi connectivity index (χ3v) is 8.14. The second kappa shape index (κ2) is 9.02. The molecule has 7 heteroatoms. The first-order valence-electron chi connectivity index (χ1n) is 13.2. The molecule has 0 radical (unpaired) electrons. The van der Waals surface area contributed by atoms with E-state index < -0.39 is 29.9 Å². The fourth-order valence-corrected chi connectivity index (χ4v) is 6.52. The maximum atomic E-state index is 14.3. The Hall–Kier alpha value is -5.04. The summed E-state index contributed by atoms with van der Waals surface area (Å²) in [7, 11) is 0. The van der Waals surface area contributed by atoms with Gasteiger partial charge in [-0.25, -0.2) is 4.90 Å². The summed E-state index contributed by atoms with van der Waals surface area (Å²) in [5, 5.41) is 1.72. The van der Waals surface area contributed by atoms with Crippen molar-refractivity contribution < 1.29 is 23.9 Å². The highest BCUT2D eigenvalue weighted by molar-refractivity contribution is 6.27. The van der Waals surface area contributed by atoms with Gasteiger partial charge in [0.05, 0.1) is 23.6 Å². The van der Waals surface area contributed by atoms with Crippen molar-refractivity contribution in [2.45, 2.75) is 19.0 Å². The summed E-state index contributed by atoms with van der Waals surface area (Å²) in [6, 6.07) is 26.0. The van der Waals surface area contributed by atoms with Gasteiger partial charge in [0.1, 0.15) is 11.8 Å². The van der Waals surface area contributed by atoms with Crippen LogP contribution in [0.5, 0.6) is 5.75 Å². The Morgan fingerprint density at radius 2 is 1.48 bits per heavy atom. The first-order valence-corrected chi connectivity index (χ1v) is 13.2. The molecule has 0 aliphatic carbocycles. The van der Waals surface area contributed by atoms with Gasteiger partial charge in [-0.2, -0.15) is 0 Å². The number of hydrogen-bond acceptors (Lipinski definition) is 6. The zero-order chi connectivity index (χ0) is 27.5. The number of amides is 2. The summed E-state index contributed by atoms with van der Waals surface area (Å²) in [6.45, 7) is 1.31. The monoisotopic (exact) mass is 528 g/mol. The number of benzene rings is 4. The summed E-state index contributed by atoms with van der Waals surface area (Å²) < 4.78 is 5.12. The van der Waals surface area contributed by atoms with Gasteiger partial charge in [0.2, 0.25) is 11.8 Å². The van der Waals surface area contributed by atoms with E-state index in [1.807, 2.05) is 77.8 Å². The predicted octanol–water partition coefficient (Wildman–Crippen LogP) is 5.16. The summed E-state index contributed by atoms with van der Waals surface area (Å²) in [5.41, 5.74) is 2.79. The first-order chi connectivity index (χ1) is 19.4. The van der Waals surface area contributed by atoms with Crippen molar-refractivity contribution in [2.75, 3.05) is 4.90 Å². The minimum atomic E-state index is -0.879. The van der Waals surface area contributed by atoms with E-state index in [9.17, 15) is 19.2 Å². The number of carbonyl (C=O) groups excluding carboxylic acids is 4. The number of Topliss-reactive ketones (excluding diaryl/α,β-unsaturated/α-hetero) is 1. The maximum absolute atomic E-state index is 14.3. The Morgan fingerprint density at radius 1 is 0.775 bits per heavy atom. The van der Waals surface area contributed by atoms with Crippen molar-refractivity contribution in [1.29, 1.82) is 0 Å². The van der Waals surface area contributed by atoms with E-state index in [0.717, 1.165) is 21.9 Å². The predicted molar refractivity (Wildman–Crippen MR) is 149 cm³/mol. The second-order valence-electron chi connectivity index (χ2n) is 10.3. The molecular weight excluding hydrogens is 504 g/mol. The lowest BCUT2D eigenvalue weighted by Crippen LogP contribution is -2.44. The van der Waals surface area contributed by atoms with Gasteiger partial charge in [-0.15, -0.1) is 0 Å². The van der Waals surface area contributed by atoms with Crippen LogP contribution < -0.4 is 9.64 Å². The van der Waals surface area contributed by atoms with Crippen molar-refractivity contribution in [3.8, 4) is 5.75 Å². The standard InChI is InChI=1S/C33H24N2O5/c1-19(36)40-23-15-13-22(14-16-23)31(37)30-28-27(29-25-11-5-3-8-21(25)17-18-34(29)30)32(38)35(33(28)39)26-12-6-9-20-7-2-4-10-24(20)26/h2-18,27-30H,1H3/t27-,28+,29-,30-/m0/s1. The number of imide groups is 1. The highest BCUT2D eigenvalue weighted by atomic mass is 16.5. The minimum Gasteiger partial charge on any atom is -0.427 e. The molecule has 7 rings (SSSR count). The number of esters is 1. The Kier molecular flexibility index (Phi) is 5.42. The molecule has 3 aliphatic rings. The second-order valence-corrected chi connectivity index (χ2v) is 10.3. The quantitative estimate of drug-likeness (QED) is 0.157. The number of hydrogen-bond donors (Lipinski definition) is 0. The van der Waals surface area contributed by atoms with Crippen LogP contribution in [0, 0.1) is 11.8 Å². The van der Waals surface area contributed by atoms with Gasteiger partial charge in [-0.3, -0.25) is 19.2 Å². The molecule has 2 saturated heterocycles. The topological polar surface area (TPSA) is 84.0 Å². The summed E-state index contributed by atoms with van der Waals surface area (Å²) in [4.78, 5) is 57.2. The molecule has 0 bridgehead atoms. The molecule has 4 aromatic rings. The Morgan fingerprint density at radius 3 is 2.27 bits per heavy atom. The van der Waals surface area contributed by atoms with Crippen LogP contribution in [0.3, 0.4) is 0 Å². The van der Waals surface area contributed by atoms with E-state index in [1.165, 1.54) is 11.8 Å². The van der Waals surface area contributed by atoms with Crippen LogP contribution in [-0.2, 0) is 14.4 Å². The molecule has 0 unspecified atom stereocenters. The molecule has 0 aromatic heterocycles. The lowest BCUT2D eigenvalue weighted by molar-refractivity contribution is -0.132. The average Bonchev–Trinajstić information content (AvgIpc) is 3.44. The molecule has 3 heterocycles. The van der Waals surface area contributed by atoms with E-state index in [1.54, 1.807) is 30.3 Å². The summed E-state index contributed by atoms with van der Waals surface area (Å²) >= 11 is 0. The van der Waals surface area contributed by atoms with Gasteiger partial charge >= 0.3 is 5.97 Å². The molecule has 4 atom stereocenters. The van der Waals surface area contributed by atoms with Gasteiger partial charge in [0, 0.05) is 24.1 Å². The molecule has 0 spiro atoms. The van der Waals surface area contributed by atoms with Crippen LogP contribution >= 0.6 is 0 Å². The molecule has 0 N–H and O–H groups in total. The van der Waals surface area contributed by atoms with Gasteiger partial charge in [-0.1, -0.05) is 60.7 Å². The van der Waals surface area contributed by atoms with Crippen LogP contribution in [0.1, 0.15) is 34.5 Å². The Bertz CT molecular complexity index is 1750. The molecule has 0 saturated carbocycles. The number of fused-ring (bicyclic) bond motifs is 6. The van der Waals surface area contributed by atoms with Crippen LogP contribution in [0.15, 0.2) is 97.2 Å². The van der Waals surface area contributed by atoms with Crippen LogP contribution in [-0.4, -0.2) is 34.5 Å². The van der Waals surface area contributed by atoms with E-state index >= 15 is 0 Å². The Labute approximate surface area is 230 Å². The van der Waals surface area contributed by atoms with Crippen molar-refractivity contribution in [3.63, 3.8) is 0 Å². The van der Waals surface area contributed by atoms with Crippen LogP contribution in [0.2, 0.25) is 0 Å². The molecule has 40 heavy (non-hydrogen) atoms. The maximum Gasteiger partial charge on any atom is 0.308 e. The third-order valence-electron chi connectivity index (χ3n) is 8.14. The van der Waals surface area contributed by atoms with E-state index in [4.69, 9.17) is 4.74 Å². The van der Waals surface area contributed by atoms with Crippen molar-refractivity contribution in [1.82, 2.24) is 4.90 Å². The lowest BCUT2D eigenvalue weighted by atomic mass is 9.83. The number of carbonyl (C=O) groups is 4. The number of anilines is 1. The van der Waals surface area contributed by atoms with E-state index in [0.29, 0.717) is 17.0 Å². The van der Waals surface area contributed by atoms with E-state index in [2.05, 4.69) is 0 Å². The van der Waals surface area contributed by atoms with Gasteiger partial charge in [0.15, 0.2) is 5.78 Å². The van der Waals surface area contributed by atoms with Crippen LogP contribution in [0.4, 0.5) is 5.69 Å². The Balaban J connectivity index is 1.35. The van der Waals surface area contributed by atoms with Crippen molar-refractivity contribution >= 4 is 46.1 Å². The number of ketones is 1. The summed E-state index contributed by atoms with van der Waals surface area (Å²) in [6.07, 6.45) is 3.76. The molecule has 196 valence electrons. The zero-order valence-electron chi connectivity index (χ0n) is 21.6. The fraction of sp³-hybridized carbons (Fsp3) is 0.152. The third kappa shape index (κ3) is 3.51. The summed E-state index contributed by atoms with van der Waals surface area (Å²) in [5.74, 6) is -2.67. The number of nitrogens with zero attached hydrogens (tertiary/aromatic N) is 2. The number of rotatable bonds is 4. The molecule has 4 aromatic carbocycles. The molecule has 3 aliphatic heterocycles. The largest absolute Gasteiger partial charge is 0.427 e. The SMILES string of the molecule is CC(=O)Oc1ccc(C(=O)[C@@H]2[C@@H]3C(=O)N(c4cccc5ccccc45)C(=O)[C@@H]3[C@@H]3c4ccccc4C=CN23)cc1. The van der Waals surface area contributed by atoms with Gasteiger partial charge in [0.25, 0.3) is 0 Å². The highest BCUT2D eigenvalue weighted by Gasteiger charge is 2.64. The highest BCUT2D eigenvalue weighted by Crippen LogP contribution is 2.54. The zero-order valence-corrected chi connectivity index (χ0v) is 21.6. The fourth-order valence-electron chi connectivity index (χ4n) is 6.52. The first kappa shape index (κ1) is 24.0. The number of ether oxygens (including phenoxy) is 1. The molecular formula is C33H24N2O5. The van der Waals surface area contributed by atoms with Crippen molar-refractivity contribution in [3.05, 3.63) is 114 Å². The molecule has 7 nitrogen and oxygen atoms in total. The normalized spacial score (nSPS) is 22.7.